The van der Waals surface area contributed by atoms with Crippen molar-refractivity contribution in [1.82, 2.24) is 9.78 Å². The Balaban J connectivity index is 1.99. The summed E-state index contributed by atoms with van der Waals surface area (Å²) < 4.78 is 12.6. The Morgan fingerprint density at radius 3 is 2.85 bits per heavy atom. The number of aromatic nitrogens is 2. The van der Waals surface area contributed by atoms with Gasteiger partial charge in [-0.15, -0.1) is 0 Å². The molecule has 0 atom stereocenters. The van der Waals surface area contributed by atoms with E-state index in [4.69, 9.17) is 32.7 Å². The Morgan fingerprint density at radius 1 is 1.27 bits per heavy atom. The van der Waals surface area contributed by atoms with E-state index in [2.05, 4.69) is 5.10 Å². The van der Waals surface area contributed by atoms with Gasteiger partial charge in [0.15, 0.2) is 5.69 Å². The minimum atomic E-state index is -0.490. The maximum atomic E-state index is 12.4. The first kappa shape index (κ1) is 16.9. The van der Waals surface area contributed by atoms with Crippen molar-refractivity contribution in [1.29, 1.82) is 0 Å². The first-order valence-corrected chi connectivity index (χ1v) is 8.82. The predicted molar refractivity (Wildman–Crippen MR) is 99.3 cm³/mol. The number of rotatable bonds is 3. The van der Waals surface area contributed by atoms with E-state index in [1.54, 1.807) is 29.8 Å². The summed E-state index contributed by atoms with van der Waals surface area (Å²) in [7, 11) is 0. The van der Waals surface area contributed by atoms with Crippen LogP contribution in [0.3, 0.4) is 0 Å². The summed E-state index contributed by atoms with van der Waals surface area (Å²) in [5.74, 6) is 0.234. The van der Waals surface area contributed by atoms with Crippen LogP contribution < -0.4 is 4.74 Å². The summed E-state index contributed by atoms with van der Waals surface area (Å²) in [5.41, 5.74) is 3.12. The van der Waals surface area contributed by atoms with Crippen LogP contribution in [-0.2, 0) is 11.3 Å². The number of fused-ring (bicyclic) bond motifs is 3. The number of benzene rings is 2. The van der Waals surface area contributed by atoms with Crippen LogP contribution in [0.1, 0.15) is 23.0 Å². The van der Waals surface area contributed by atoms with E-state index < -0.39 is 5.97 Å². The maximum absolute atomic E-state index is 12.4. The molecule has 1 aliphatic heterocycles. The number of hydrogen-bond donors (Lipinski definition) is 0. The maximum Gasteiger partial charge on any atom is 0.359 e. The second-order valence-electron chi connectivity index (χ2n) is 5.69. The van der Waals surface area contributed by atoms with Crippen molar-refractivity contribution >= 4 is 29.2 Å². The quantitative estimate of drug-likeness (QED) is 0.597. The van der Waals surface area contributed by atoms with Crippen LogP contribution in [0.25, 0.3) is 16.9 Å². The highest BCUT2D eigenvalue weighted by molar-refractivity contribution is 6.35. The molecule has 3 aromatic rings. The standard InChI is InChI=1S/C19H14Cl2N2O3/c1-2-25-19(24)17-13-10-26-16-6-4-3-5-12(16)18(13)23(22-17)15-8-7-11(20)9-14(15)21/h3-9H,2,10H2,1H3. The molecular weight excluding hydrogens is 375 g/mol. The van der Waals surface area contributed by atoms with Gasteiger partial charge in [-0.1, -0.05) is 35.3 Å². The van der Waals surface area contributed by atoms with Crippen LogP contribution in [0.4, 0.5) is 0 Å². The molecule has 4 rings (SSSR count). The van der Waals surface area contributed by atoms with Gasteiger partial charge < -0.3 is 9.47 Å². The normalized spacial score (nSPS) is 12.1. The number of para-hydroxylation sites is 1. The van der Waals surface area contributed by atoms with Crippen molar-refractivity contribution < 1.29 is 14.3 Å². The van der Waals surface area contributed by atoms with Gasteiger partial charge in [0.2, 0.25) is 0 Å². The lowest BCUT2D eigenvalue weighted by molar-refractivity contribution is 0.0516. The predicted octanol–water partition coefficient (Wildman–Crippen LogP) is 4.92. The fraction of sp³-hybridized carbons (Fsp3) is 0.158. The summed E-state index contributed by atoms with van der Waals surface area (Å²) in [6, 6.07) is 12.7. The second kappa shape index (κ2) is 6.67. The summed E-state index contributed by atoms with van der Waals surface area (Å²) in [6.45, 7) is 2.24. The van der Waals surface area contributed by atoms with E-state index >= 15 is 0 Å². The largest absolute Gasteiger partial charge is 0.488 e. The molecule has 1 aliphatic rings. The zero-order valence-electron chi connectivity index (χ0n) is 13.8. The van der Waals surface area contributed by atoms with Crippen LogP contribution in [0, 0.1) is 0 Å². The van der Waals surface area contributed by atoms with Crippen LogP contribution in [0.2, 0.25) is 10.0 Å². The van der Waals surface area contributed by atoms with Gasteiger partial charge >= 0.3 is 5.97 Å². The zero-order chi connectivity index (χ0) is 18.3. The number of hydrogen-bond acceptors (Lipinski definition) is 4. The highest BCUT2D eigenvalue weighted by Gasteiger charge is 2.31. The Kier molecular flexibility index (Phi) is 4.34. The summed E-state index contributed by atoms with van der Waals surface area (Å²) >= 11 is 12.4. The number of halogens is 2. The van der Waals surface area contributed by atoms with Crippen molar-refractivity contribution in [3.8, 4) is 22.7 Å². The number of carbonyl (C=O) groups excluding carboxylic acids is 1. The summed E-state index contributed by atoms with van der Waals surface area (Å²) in [4.78, 5) is 12.4. The van der Waals surface area contributed by atoms with Gasteiger partial charge in [-0.3, -0.25) is 0 Å². The minimum absolute atomic E-state index is 0.224. The molecule has 2 heterocycles. The van der Waals surface area contributed by atoms with E-state index in [-0.39, 0.29) is 18.9 Å². The molecule has 0 unspecified atom stereocenters. The van der Waals surface area contributed by atoms with Gasteiger partial charge in [-0.05, 0) is 37.3 Å². The molecule has 26 heavy (non-hydrogen) atoms. The van der Waals surface area contributed by atoms with E-state index in [9.17, 15) is 4.79 Å². The highest BCUT2D eigenvalue weighted by atomic mass is 35.5. The third kappa shape index (κ3) is 2.73. The molecule has 1 aromatic heterocycles. The topological polar surface area (TPSA) is 53.3 Å². The third-order valence-corrected chi connectivity index (χ3v) is 4.64. The smallest absolute Gasteiger partial charge is 0.359 e. The molecule has 0 saturated carbocycles. The molecule has 0 amide bonds. The molecule has 0 spiro atoms. The summed E-state index contributed by atoms with van der Waals surface area (Å²) in [6.07, 6.45) is 0. The van der Waals surface area contributed by atoms with Gasteiger partial charge in [0.05, 0.1) is 28.6 Å². The second-order valence-corrected chi connectivity index (χ2v) is 6.53. The van der Waals surface area contributed by atoms with Gasteiger partial charge in [0.1, 0.15) is 12.4 Å². The molecule has 0 fully saturated rings. The Labute approximate surface area is 160 Å². The Hall–Kier alpha value is -2.50. The van der Waals surface area contributed by atoms with Crippen LogP contribution in [-0.4, -0.2) is 22.4 Å². The first-order chi connectivity index (χ1) is 12.6. The molecule has 132 valence electrons. The molecule has 0 saturated heterocycles. The molecule has 5 nitrogen and oxygen atoms in total. The lowest BCUT2D eigenvalue weighted by atomic mass is 10.0. The van der Waals surface area contributed by atoms with Gasteiger partial charge in [0, 0.05) is 10.6 Å². The monoisotopic (exact) mass is 388 g/mol. The van der Waals surface area contributed by atoms with Gasteiger partial charge in [-0.25, -0.2) is 9.48 Å². The van der Waals surface area contributed by atoms with Crippen molar-refractivity contribution in [2.24, 2.45) is 0 Å². The first-order valence-electron chi connectivity index (χ1n) is 8.06. The van der Waals surface area contributed by atoms with E-state index in [0.29, 0.717) is 21.3 Å². The molecule has 0 radical (unpaired) electrons. The molecule has 0 aliphatic carbocycles. The van der Waals surface area contributed by atoms with Crippen molar-refractivity contribution in [2.75, 3.05) is 6.61 Å². The number of ether oxygens (including phenoxy) is 2. The molecule has 0 N–H and O–H groups in total. The van der Waals surface area contributed by atoms with Crippen molar-refractivity contribution in [3.05, 3.63) is 63.8 Å². The summed E-state index contributed by atoms with van der Waals surface area (Å²) in [5, 5.41) is 5.46. The lowest BCUT2D eigenvalue weighted by Crippen LogP contribution is -2.11. The fourth-order valence-corrected chi connectivity index (χ4v) is 3.48. The van der Waals surface area contributed by atoms with Gasteiger partial charge in [0.25, 0.3) is 0 Å². The average molecular weight is 389 g/mol. The number of nitrogens with zero attached hydrogens (tertiary/aromatic N) is 2. The van der Waals surface area contributed by atoms with Crippen LogP contribution in [0.15, 0.2) is 42.5 Å². The van der Waals surface area contributed by atoms with E-state index in [1.807, 2.05) is 24.3 Å². The van der Waals surface area contributed by atoms with Crippen molar-refractivity contribution in [3.63, 3.8) is 0 Å². The molecule has 2 aromatic carbocycles. The SMILES string of the molecule is CCOC(=O)c1nn(-c2ccc(Cl)cc2Cl)c2c1COc1ccccc1-2. The van der Waals surface area contributed by atoms with E-state index in [0.717, 1.165) is 17.0 Å². The average Bonchev–Trinajstić information content (AvgIpc) is 3.02. The van der Waals surface area contributed by atoms with Crippen LogP contribution >= 0.6 is 23.2 Å². The molecule has 0 bridgehead atoms. The number of esters is 1. The van der Waals surface area contributed by atoms with Crippen molar-refractivity contribution in [2.45, 2.75) is 13.5 Å². The highest BCUT2D eigenvalue weighted by Crippen LogP contribution is 2.41. The molecular formula is C19H14Cl2N2O3. The minimum Gasteiger partial charge on any atom is -0.488 e. The number of carbonyl (C=O) groups is 1. The van der Waals surface area contributed by atoms with Crippen LogP contribution in [0.5, 0.6) is 5.75 Å². The zero-order valence-corrected chi connectivity index (χ0v) is 15.3. The fourth-order valence-electron chi connectivity index (χ4n) is 2.99. The Morgan fingerprint density at radius 2 is 2.08 bits per heavy atom. The lowest BCUT2D eigenvalue weighted by Gasteiger charge is -2.19. The van der Waals surface area contributed by atoms with Gasteiger partial charge in [-0.2, -0.15) is 5.10 Å². The molecule has 7 heteroatoms. The Bertz CT molecular complexity index is 1010. The third-order valence-electron chi connectivity index (χ3n) is 4.10. The van der Waals surface area contributed by atoms with E-state index in [1.165, 1.54) is 0 Å².